The summed E-state index contributed by atoms with van der Waals surface area (Å²) < 4.78 is 0. The molecule has 0 aliphatic carbocycles. The summed E-state index contributed by atoms with van der Waals surface area (Å²) in [6.07, 6.45) is 6.74. The lowest BCUT2D eigenvalue weighted by atomic mass is 10.0. The molecule has 0 rings (SSSR count). The first-order valence-corrected chi connectivity index (χ1v) is 4.93. The summed E-state index contributed by atoms with van der Waals surface area (Å²) in [5.74, 6) is 0.815. The fraction of sp³-hybridized carbons (Fsp3) is 0.818. The zero-order chi connectivity index (χ0) is 9.40. The third kappa shape index (κ3) is 7.80. The van der Waals surface area contributed by atoms with Crippen LogP contribution in [0.1, 0.15) is 46.5 Å². The van der Waals surface area contributed by atoms with Crippen molar-refractivity contribution in [2.75, 3.05) is 6.61 Å². The molecule has 0 aromatic carbocycles. The summed E-state index contributed by atoms with van der Waals surface area (Å²) in [5.41, 5.74) is 1.42. The van der Waals surface area contributed by atoms with E-state index in [1.807, 2.05) is 0 Å². The van der Waals surface area contributed by atoms with Gasteiger partial charge in [-0.1, -0.05) is 31.9 Å². The Kier molecular flexibility index (Phi) is 7.17. The highest BCUT2D eigenvalue weighted by Crippen LogP contribution is 2.11. The van der Waals surface area contributed by atoms with Crippen molar-refractivity contribution < 1.29 is 5.11 Å². The van der Waals surface area contributed by atoms with E-state index in [0.29, 0.717) is 0 Å². The summed E-state index contributed by atoms with van der Waals surface area (Å²) in [4.78, 5) is 0. The molecule has 0 bridgehead atoms. The number of aliphatic hydroxyl groups excluding tert-OH is 1. The third-order valence-corrected chi connectivity index (χ3v) is 1.97. The molecule has 72 valence electrons. The second kappa shape index (κ2) is 7.35. The maximum Gasteiger partial charge on any atom is 0.0465 e. The van der Waals surface area contributed by atoms with E-state index >= 15 is 0 Å². The van der Waals surface area contributed by atoms with Gasteiger partial charge in [0, 0.05) is 6.61 Å². The topological polar surface area (TPSA) is 20.2 Å². The molecule has 0 saturated heterocycles. The Morgan fingerprint density at radius 2 is 2.08 bits per heavy atom. The van der Waals surface area contributed by atoms with Crippen LogP contribution in [0.25, 0.3) is 0 Å². The minimum absolute atomic E-state index is 0.279. The van der Waals surface area contributed by atoms with E-state index in [1.165, 1.54) is 24.8 Å². The minimum Gasteiger partial charge on any atom is -0.396 e. The molecule has 0 heterocycles. The second-order valence-corrected chi connectivity index (χ2v) is 3.85. The first kappa shape index (κ1) is 11.7. The molecular formula is C11H22O. The van der Waals surface area contributed by atoms with Crippen molar-refractivity contribution >= 4 is 0 Å². The normalized spacial score (nSPS) is 12.6. The molecule has 0 unspecified atom stereocenters. The molecule has 1 N–H and O–H groups in total. The molecule has 0 aromatic heterocycles. The maximum absolute atomic E-state index is 8.58. The molecule has 12 heavy (non-hydrogen) atoms. The number of allylic oxidation sites excluding steroid dienone is 1. The molecule has 0 atom stereocenters. The van der Waals surface area contributed by atoms with E-state index < -0.39 is 0 Å². The average molecular weight is 170 g/mol. The highest BCUT2D eigenvalue weighted by atomic mass is 16.2. The molecule has 1 nitrogen and oxygen atoms in total. The second-order valence-electron chi connectivity index (χ2n) is 3.85. The largest absolute Gasteiger partial charge is 0.396 e. The van der Waals surface area contributed by atoms with Crippen LogP contribution in [0.3, 0.4) is 0 Å². The standard InChI is InChI=1S/C11H22O/c1-10(2)6-4-7-11(3)8-5-9-12/h8,10,12H,4-7,9H2,1-3H3. The predicted octanol–water partition coefficient (Wildman–Crippen LogP) is 3.14. The first-order valence-electron chi connectivity index (χ1n) is 4.93. The van der Waals surface area contributed by atoms with Gasteiger partial charge in [-0.15, -0.1) is 0 Å². The Hall–Kier alpha value is -0.300. The van der Waals surface area contributed by atoms with Crippen LogP contribution in [-0.2, 0) is 0 Å². The maximum atomic E-state index is 8.58. The fourth-order valence-corrected chi connectivity index (χ4v) is 1.20. The molecule has 0 radical (unpaired) electrons. The molecule has 0 aromatic rings. The summed E-state index contributed by atoms with van der Waals surface area (Å²) in [7, 11) is 0. The lowest BCUT2D eigenvalue weighted by Gasteiger charge is -2.04. The Morgan fingerprint density at radius 3 is 2.58 bits per heavy atom. The Labute approximate surface area is 76.5 Å². The lowest BCUT2D eigenvalue weighted by Crippen LogP contribution is -1.88. The van der Waals surface area contributed by atoms with Gasteiger partial charge in [-0.05, 0) is 32.1 Å². The summed E-state index contributed by atoms with van der Waals surface area (Å²) in [5, 5.41) is 8.58. The van der Waals surface area contributed by atoms with Gasteiger partial charge in [-0.3, -0.25) is 0 Å². The van der Waals surface area contributed by atoms with Gasteiger partial charge in [0.15, 0.2) is 0 Å². The highest BCUT2D eigenvalue weighted by molar-refractivity contribution is 4.97. The Morgan fingerprint density at radius 1 is 1.42 bits per heavy atom. The van der Waals surface area contributed by atoms with Crippen molar-refractivity contribution in [1.82, 2.24) is 0 Å². The highest BCUT2D eigenvalue weighted by Gasteiger charge is 1.94. The minimum atomic E-state index is 0.279. The van der Waals surface area contributed by atoms with Crippen LogP contribution in [0.4, 0.5) is 0 Å². The van der Waals surface area contributed by atoms with Crippen molar-refractivity contribution in [2.24, 2.45) is 5.92 Å². The number of rotatable bonds is 6. The van der Waals surface area contributed by atoms with Gasteiger partial charge < -0.3 is 5.11 Å². The predicted molar refractivity (Wildman–Crippen MR) is 54.1 cm³/mol. The average Bonchev–Trinajstić information content (AvgIpc) is 2.00. The SMILES string of the molecule is CC(=CCCO)CCCC(C)C. The van der Waals surface area contributed by atoms with Gasteiger partial charge in [0.25, 0.3) is 0 Å². The van der Waals surface area contributed by atoms with Gasteiger partial charge in [0.05, 0.1) is 0 Å². The van der Waals surface area contributed by atoms with Crippen molar-refractivity contribution in [3.63, 3.8) is 0 Å². The van der Waals surface area contributed by atoms with E-state index in [9.17, 15) is 0 Å². The van der Waals surface area contributed by atoms with Gasteiger partial charge in [0.1, 0.15) is 0 Å². The van der Waals surface area contributed by atoms with E-state index in [-0.39, 0.29) is 6.61 Å². The third-order valence-electron chi connectivity index (χ3n) is 1.97. The molecule has 0 spiro atoms. The van der Waals surface area contributed by atoms with E-state index in [2.05, 4.69) is 26.8 Å². The zero-order valence-corrected chi connectivity index (χ0v) is 8.64. The summed E-state index contributed by atoms with van der Waals surface area (Å²) >= 11 is 0. The molecule has 0 aliphatic rings. The molecule has 0 saturated carbocycles. The van der Waals surface area contributed by atoms with Gasteiger partial charge >= 0.3 is 0 Å². The van der Waals surface area contributed by atoms with Crippen LogP contribution in [0.15, 0.2) is 11.6 Å². The Balaban J connectivity index is 3.36. The molecule has 1 heteroatoms. The molecular weight excluding hydrogens is 148 g/mol. The fourth-order valence-electron chi connectivity index (χ4n) is 1.20. The van der Waals surface area contributed by atoms with Crippen molar-refractivity contribution in [3.8, 4) is 0 Å². The van der Waals surface area contributed by atoms with Crippen LogP contribution < -0.4 is 0 Å². The monoisotopic (exact) mass is 170 g/mol. The van der Waals surface area contributed by atoms with Crippen molar-refractivity contribution in [3.05, 3.63) is 11.6 Å². The summed E-state index contributed by atoms with van der Waals surface area (Å²) in [6.45, 7) is 6.94. The Bertz CT molecular complexity index is 125. The number of aliphatic hydroxyl groups is 1. The van der Waals surface area contributed by atoms with E-state index in [1.54, 1.807) is 0 Å². The van der Waals surface area contributed by atoms with Crippen LogP contribution in [-0.4, -0.2) is 11.7 Å². The van der Waals surface area contributed by atoms with Crippen LogP contribution >= 0.6 is 0 Å². The van der Waals surface area contributed by atoms with Crippen LogP contribution in [0, 0.1) is 5.92 Å². The van der Waals surface area contributed by atoms with E-state index in [4.69, 9.17) is 5.11 Å². The first-order chi connectivity index (χ1) is 5.66. The van der Waals surface area contributed by atoms with Crippen molar-refractivity contribution in [2.45, 2.75) is 46.5 Å². The smallest absolute Gasteiger partial charge is 0.0465 e. The molecule has 0 fully saturated rings. The number of hydrogen-bond acceptors (Lipinski definition) is 1. The van der Waals surface area contributed by atoms with Crippen LogP contribution in [0.5, 0.6) is 0 Å². The van der Waals surface area contributed by atoms with E-state index in [0.717, 1.165) is 12.3 Å². The summed E-state index contributed by atoms with van der Waals surface area (Å²) in [6, 6.07) is 0. The number of hydrogen-bond donors (Lipinski definition) is 1. The van der Waals surface area contributed by atoms with Gasteiger partial charge in [-0.25, -0.2) is 0 Å². The molecule has 0 aliphatic heterocycles. The molecule has 0 amide bonds. The lowest BCUT2D eigenvalue weighted by molar-refractivity contribution is 0.302. The van der Waals surface area contributed by atoms with Crippen molar-refractivity contribution in [1.29, 1.82) is 0 Å². The quantitative estimate of drug-likeness (QED) is 0.607. The zero-order valence-electron chi connectivity index (χ0n) is 8.64. The van der Waals surface area contributed by atoms with Gasteiger partial charge in [0.2, 0.25) is 0 Å². The van der Waals surface area contributed by atoms with Crippen LogP contribution in [0.2, 0.25) is 0 Å². The van der Waals surface area contributed by atoms with Gasteiger partial charge in [-0.2, -0.15) is 0 Å².